The Morgan fingerprint density at radius 1 is 1.00 bits per heavy atom. The summed E-state index contributed by atoms with van der Waals surface area (Å²) in [7, 11) is 4.35. The standard InChI is InChI=1S/C9H21N/c1-5-7-9(8-6-2)10(3)4/h9H,5-8H2,1-4H3. The molecule has 0 bridgehead atoms. The van der Waals surface area contributed by atoms with Crippen LogP contribution in [0.2, 0.25) is 0 Å². The first kappa shape index (κ1) is 9.96. The van der Waals surface area contributed by atoms with Gasteiger partial charge in [-0.3, -0.25) is 0 Å². The van der Waals surface area contributed by atoms with Gasteiger partial charge in [-0.1, -0.05) is 26.7 Å². The molecule has 0 spiro atoms. The fourth-order valence-corrected chi connectivity index (χ4v) is 1.33. The van der Waals surface area contributed by atoms with Crippen molar-refractivity contribution >= 4 is 0 Å². The Morgan fingerprint density at radius 3 is 1.60 bits per heavy atom. The molecule has 0 unspecified atom stereocenters. The summed E-state index contributed by atoms with van der Waals surface area (Å²) in [4.78, 5) is 2.34. The van der Waals surface area contributed by atoms with Crippen LogP contribution in [0.1, 0.15) is 39.5 Å². The molecule has 0 heterocycles. The molecule has 0 saturated heterocycles. The molecule has 1 heteroatoms. The monoisotopic (exact) mass is 143 g/mol. The molecule has 0 aromatic rings. The quantitative estimate of drug-likeness (QED) is 0.571. The van der Waals surface area contributed by atoms with Gasteiger partial charge in [-0.25, -0.2) is 0 Å². The van der Waals surface area contributed by atoms with Gasteiger partial charge in [0.05, 0.1) is 0 Å². The van der Waals surface area contributed by atoms with Gasteiger partial charge in [0, 0.05) is 6.04 Å². The lowest BCUT2D eigenvalue weighted by molar-refractivity contribution is 0.261. The van der Waals surface area contributed by atoms with Gasteiger partial charge in [-0.05, 0) is 26.9 Å². The van der Waals surface area contributed by atoms with E-state index in [1.165, 1.54) is 25.7 Å². The third-order valence-corrected chi connectivity index (χ3v) is 1.97. The Hall–Kier alpha value is -0.0400. The molecule has 0 aromatic carbocycles. The Balaban J connectivity index is 3.50. The molecule has 0 atom stereocenters. The Kier molecular flexibility index (Phi) is 5.70. The van der Waals surface area contributed by atoms with E-state index in [1.54, 1.807) is 0 Å². The predicted octanol–water partition coefficient (Wildman–Crippen LogP) is 2.52. The largest absolute Gasteiger partial charge is 0.306 e. The maximum Gasteiger partial charge on any atom is 0.00889 e. The predicted molar refractivity (Wildman–Crippen MR) is 47.3 cm³/mol. The highest BCUT2D eigenvalue weighted by molar-refractivity contribution is 4.63. The molecule has 0 aromatic heterocycles. The van der Waals surface area contributed by atoms with E-state index in [2.05, 4.69) is 32.8 Å². The third kappa shape index (κ3) is 3.89. The maximum atomic E-state index is 2.34. The van der Waals surface area contributed by atoms with E-state index in [1.807, 2.05) is 0 Å². The van der Waals surface area contributed by atoms with Crippen LogP contribution in [0.15, 0.2) is 0 Å². The van der Waals surface area contributed by atoms with Crippen LogP contribution in [0.4, 0.5) is 0 Å². The van der Waals surface area contributed by atoms with Crippen molar-refractivity contribution in [1.82, 2.24) is 4.90 Å². The Morgan fingerprint density at radius 2 is 1.40 bits per heavy atom. The van der Waals surface area contributed by atoms with Gasteiger partial charge < -0.3 is 4.90 Å². The Labute approximate surface area is 65.4 Å². The van der Waals surface area contributed by atoms with Crippen molar-refractivity contribution in [3.63, 3.8) is 0 Å². The minimum atomic E-state index is 0.815. The first-order valence-electron chi connectivity index (χ1n) is 4.38. The van der Waals surface area contributed by atoms with Crippen LogP contribution in [-0.2, 0) is 0 Å². The lowest BCUT2D eigenvalue weighted by atomic mass is 10.1. The molecule has 0 aliphatic rings. The highest BCUT2D eigenvalue weighted by Crippen LogP contribution is 2.08. The molecule has 0 radical (unpaired) electrons. The van der Waals surface area contributed by atoms with Gasteiger partial charge in [-0.2, -0.15) is 0 Å². The van der Waals surface area contributed by atoms with Crippen molar-refractivity contribution < 1.29 is 0 Å². The highest BCUT2D eigenvalue weighted by atomic mass is 15.1. The third-order valence-electron chi connectivity index (χ3n) is 1.97. The fourth-order valence-electron chi connectivity index (χ4n) is 1.33. The van der Waals surface area contributed by atoms with Gasteiger partial charge >= 0.3 is 0 Å². The van der Waals surface area contributed by atoms with Crippen molar-refractivity contribution in [3.05, 3.63) is 0 Å². The van der Waals surface area contributed by atoms with Crippen LogP contribution >= 0.6 is 0 Å². The van der Waals surface area contributed by atoms with Crippen LogP contribution < -0.4 is 0 Å². The van der Waals surface area contributed by atoms with E-state index in [-0.39, 0.29) is 0 Å². The topological polar surface area (TPSA) is 3.24 Å². The second-order valence-corrected chi connectivity index (χ2v) is 3.19. The minimum absolute atomic E-state index is 0.815. The number of rotatable bonds is 5. The lowest BCUT2D eigenvalue weighted by Gasteiger charge is -2.22. The fraction of sp³-hybridized carbons (Fsp3) is 1.00. The van der Waals surface area contributed by atoms with Crippen molar-refractivity contribution in [1.29, 1.82) is 0 Å². The summed E-state index contributed by atoms with van der Waals surface area (Å²) in [5, 5.41) is 0. The zero-order chi connectivity index (χ0) is 7.98. The summed E-state index contributed by atoms with van der Waals surface area (Å²) in [5.74, 6) is 0. The van der Waals surface area contributed by atoms with Crippen LogP contribution in [0, 0.1) is 0 Å². The van der Waals surface area contributed by atoms with Crippen LogP contribution in [-0.4, -0.2) is 25.0 Å². The van der Waals surface area contributed by atoms with E-state index >= 15 is 0 Å². The molecule has 0 aliphatic heterocycles. The van der Waals surface area contributed by atoms with E-state index in [0.717, 1.165) is 6.04 Å². The van der Waals surface area contributed by atoms with E-state index in [0.29, 0.717) is 0 Å². The minimum Gasteiger partial charge on any atom is -0.306 e. The Bertz CT molecular complexity index is 63.1. The summed E-state index contributed by atoms with van der Waals surface area (Å²) in [6.45, 7) is 4.51. The molecule has 0 N–H and O–H groups in total. The van der Waals surface area contributed by atoms with Gasteiger partial charge in [0.2, 0.25) is 0 Å². The second kappa shape index (κ2) is 5.72. The van der Waals surface area contributed by atoms with E-state index < -0.39 is 0 Å². The van der Waals surface area contributed by atoms with Crippen LogP contribution in [0.5, 0.6) is 0 Å². The van der Waals surface area contributed by atoms with Crippen molar-refractivity contribution in [2.75, 3.05) is 14.1 Å². The lowest BCUT2D eigenvalue weighted by Crippen LogP contribution is -2.27. The summed E-state index contributed by atoms with van der Waals surface area (Å²) < 4.78 is 0. The van der Waals surface area contributed by atoms with Crippen molar-refractivity contribution in [2.24, 2.45) is 0 Å². The average molecular weight is 143 g/mol. The molecule has 0 saturated carbocycles. The van der Waals surface area contributed by atoms with E-state index in [9.17, 15) is 0 Å². The normalized spacial score (nSPS) is 11.4. The zero-order valence-corrected chi connectivity index (χ0v) is 7.85. The first-order chi connectivity index (χ1) is 4.72. The van der Waals surface area contributed by atoms with Crippen LogP contribution in [0.3, 0.4) is 0 Å². The molecule has 10 heavy (non-hydrogen) atoms. The average Bonchev–Trinajstić information content (AvgIpc) is 1.87. The van der Waals surface area contributed by atoms with Crippen molar-refractivity contribution in [3.8, 4) is 0 Å². The van der Waals surface area contributed by atoms with Crippen LogP contribution in [0.25, 0.3) is 0 Å². The van der Waals surface area contributed by atoms with Gasteiger partial charge in [0.1, 0.15) is 0 Å². The number of hydrogen-bond donors (Lipinski definition) is 0. The second-order valence-electron chi connectivity index (χ2n) is 3.19. The summed E-state index contributed by atoms with van der Waals surface area (Å²) in [5.41, 5.74) is 0. The molecule has 1 nitrogen and oxygen atoms in total. The molecule has 0 rings (SSSR count). The summed E-state index contributed by atoms with van der Waals surface area (Å²) in [6.07, 6.45) is 5.31. The number of nitrogens with zero attached hydrogens (tertiary/aromatic N) is 1. The molecule has 0 amide bonds. The zero-order valence-electron chi connectivity index (χ0n) is 7.85. The molecule has 62 valence electrons. The van der Waals surface area contributed by atoms with Crippen molar-refractivity contribution in [2.45, 2.75) is 45.6 Å². The van der Waals surface area contributed by atoms with Gasteiger partial charge in [-0.15, -0.1) is 0 Å². The smallest absolute Gasteiger partial charge is 0.00889 e. The first-order valence-corrected chi connectivity index (χ1v) is 4.38. The molecule has 0 aliphatic carbocycles. The van der Waals surface area contributed by atoms with Gasteiger partial charge in [0.25, 0.3) is 0 Å². The van der Waals surface area contributed by atoms with E-state index in [4.69, 9.17) is 0 Å². The highest BCUT2D eigenvalue weighted by Gasteiger charge is 2.07. The van der Waals surface area contributed by atoms with Gasteiger partial charge in [0.15, 0.2) is 0 Å². The molecular weight excluding hydrogens is 122 g/mol. The summed E-state index contributed by atoms with van der Waals surface area (Å²) >= 11 is 0. The maximum absolute atomic E-state index is 2.34. The molecular formula is C9H21N. The summed E-state index contributed by atoms with van der Waals surface area (Å²) in [6, 6.07) is 0.815. The SMILES string of the molecule is CCCC(CCC)N(C)C. The number of hydrogen-bond acceptors (Lipinski definition) is 1. The molecule has 0 fully saturated rings.